The molecule has 1 aromatic carbocycles. The highest BCUT2D eigenvalue weighted by molar-refractivity contribution is 7.12. The molecule has 1 aromatic heterocycles. The maximum atomic E-state index is 13.0. The van der Waals surface area contributed by atoms with E-state index < -0.39 is 0 Å². The summed E-state index contributed by atoms with van der Waals surface area (Å²) in [5.74, 6) is 1.74. The normalized spacial score (nSPS) is 19.6. The number of nitrogens with zero attached hydrogens (tertiary/aromatic N) is 1. The third-order valence-corrected chi connectivity index (χ3v) is 5.70. The number of ether oxygens (including phenoxy) is 2. The first kappa shape index (κ1) is 15.5. The van der Waals surface area contributed by atoms with Crippen LogP contribution in [0.1, 0.15) is 44.6 Å². The topological polar surface area (TPSA) is 38.8 Å². The zero-order valence-corrected chi connectivity index (χ0v) is 14.8. The molecular weight excluding hydrogens is 322 g/mol. The van der Waals surface area contributed by atoms with E-state index in [4.69, 9.17) is 9.47 Å². The van der Waals surface area contributed by atoms with E-state index >= 15 is 0 Å². The molecule has 24 heavy (non-hydrogen) atoms. The van der Waals surface area contributed by atoms with Crippen LogP contribution in [-0.4, -0.2) is 30.6 Å². The molecule has 1 unspecified atom stereocenters. The standard InChI is InChI=1S/C19H21NO3S/c1-12-10-15(13(2)24-12)19(21)20-7-3-4-16(20)14-5-6-17-18(11-14)23-9-8-22-17/h5-6,10-11,16H,3-4,7-9H2,1-2H3. The van der Waals surface area contributed by atoms with Crippen molar-refractivity contribution < 1.29 is 14.3 Å². The van der Waals surface area contributed by atoms with E-state index in [0.717, 1.165) is 46.9 Å². The van der Waals surface area contributed by atoms with Crippen LogP contribution in [0.15, 0.2) is 24.3 Å². The molecule has 0 spiro atoms. The Morgan fingerprint density at radius 1 is 1.17 bits per heavy atom. The van der Waals surface area contributed by atoms with Crippen LogP contribution in [0.3, 0.4) is 0 Å². The third kappa shape index (κ3) is 2.67. The summed E-state index contributed by atoms with van der Waals surface area (Å²) >= 11 is 1.69. The van der Waals surface area contributed by atoms with E-state index in [1.165, 1.54) is 4.88 Å². The van der Waals surface area contributed by atoms with Crippen LogP contribution in [0.4, 0.5) is 0 Å². The summed E-state index contributed by atoms with van der Waals surface area (Å²) in [6, 6.07) is 8.20. The SMILES string of the molecule is Cc1cc(C(=O)N2CCCC2c2ccc3c(c2)OCCO3)c(C)s1. The van der Waals surface area contributed by atoms with Crippen molar-refractivity contribution in [1.29, 1.82) is 0 Å². The molecule has 5 heteroatoms. The van der Waals surface area contributed by atoms with Gasteiger partial charge in [0.05, 0.1) is 11.6 Å². The summed E-state index contributed by atoms with van der Waals surface area (Å²) in [5, 5.41) is 0. The number of likely N-dealkylation sites (tertiary alicyclic amines) is 1. The van der Waals surface area contributed by atoms with Crippen molar-refractivity contribution in [3.63, 3.8) is 0 Å². The number of aryl methyl sites for hydroxylation is 2. The van der Waals surface area contributed by atoms with Crippen LogP contribution < -0.4 is 9.47 Å². The van der Waals surface area contributed by atoms with Crippen molar-refractivity contribution in [2.75, 3.05) is 19.8 Å². The zero-order chi connectivity index (χ0) is 16.7. The number of benzene rings is 1. The molecule has 1 saturated heterocycles. The fourth-order valence-corrected chi connectivity index (χ4v) is 4.54. The minimum absolute atomic E-state index is 0.118. The lowest BCUT2D eigenvalue weighted by atomic mass is 10.0. The van der Waals surface area contributed by atoms with Crippen LogP contribution in [0.5, 0.6) is 11.5 Å². The third-order valence-electron chi connectivity index (χ3n) is 4.74. The number of fused-ring (bicyclic) bond motifs is 1. The Bertz CT molecular complexity index is 783. The maximum absolute atomic E-state index is 13.0. The first-order valence-electron chi connectivity index (χ1n) is 8.41. The Labute approximate surface area is 146 Å². The Hall–Kier alpha value is -2.01. The lowest BCUT2D eigenvalue weighted by molar-refractivity contribution is 0.0735. The summed E-state index contributed by atoms with van der Waals surface area (Å²) in [7, 11) is 0. The van der Waals surface area contributed by atoms with E-state index in [1.54, 1.807) is 11.3 Å². The second kappa shape index (κ2) is 6.13. The molecule has 0 N–H and O–H groups in total. The largest absolute Gasteiger partial charge is 0.486 e. The van der Waals surface area contributed by atoms with Gasteiger partial charge in [-0.2, -0.15) is 0 Å². The minimum atomic E-state index is 0.118. The lowest BCUT2D eigenvalue weighted by Gasteiger charge is -2.26. The smallest absolute Gasteiger partial charge is 0.255 e. The highest BCUT2D eigenvalue weighted by atomic mass is 32.1. The number of thiophene rings is 1. The van der Waals surface area contributed by atoms with Crippen molar-refractivity contribution in [1.82, 2.24) is 4.90 Å². The van der Waals surface area contributed by atoms with Crippen molar-refractivity contribution in [3.8, 4) is 11.5 Å². The summed E-state index contributed by atoms with van der Waals surface area (Å²) in [4.78, 5) is 17.3. The van der Waals surface area contributed by atoms with Crippen molar-refractivity contribution in [3.05, 3.63) is 45.1 Å². The molecular formula is C19H21NO3S. The van der Waals surface area contributed by atoms with Gasteiger partial charge in [0.15, 0.2) is 11.5 Å². The molecule has 0 bridgehead atoms. The van der Waals surface area contributed by atoms with Gasteiger partial charge in [-0.05, 0) is 50.5 Å². The molecule has 0 saturated carbocycles. The average molecular weight is 343 g/mol. The van der Waals surface area contributed by atoms with Gasteiger partial charge in [0.2, 0.25) is 0 Å². The molecule has 126 valence electrons. The zero-order valence-electron chi connectivity index (χ0n) is 14.0. The van der Waals surface area contributed by atoms with E-state index in [9.17, 15) is 4.79 Å². The van der Waals surface area contributed by atoms with Crippen LogP contribution >= 0.6 is 11.3 Å². The molecule has 2 aromatic rings. The minimum Gasteiger partial charge on any atom is -0.486 e. The van der Waals surface area contributed by atoms with Crippen molar-refractivity contribution >= 4 is 17.2 Å². The van der Waals surface area contributed by atoms with Gasteiger partial charge < -0.3 is 14.4 Å². The Kier molecular flexibility index (Phi) is 3.96. The predicted octanol–water partition coefficient (Wildman–Crippen LogP) is 4.11. The molecule has 2 aliphatic rings. The number of carbonyl (C=O) groups excluding carboxylic acids is 1. The van der Waals surface area contributed by atoms with Crippen LogP contribution in [0.2, 0.25) is 0 Å². The highest BCUT2D eigenvalue weighted by Crippen LogP contribution is 2.39. The van der Waals surface area contributed by atoms with E-state index in [-0.39, 0.29) is 11.9 Å². The summed E-state index contributed by atoms with van der Waals surface area (Å²) < 4.78 is 11.3. The van der Waals surface area contributed by atoms with Crippen LogP contribution in [-0.2, 0) is 0 Å². The van der Waals surface area contributed by atoms with Crippen molar-refractivity contribution in [2.24, 2.45) is 0 Å². The van der Waals surface area contributed by atoms with Gasteiger partial charge in [0.1, 0.15) is 13.2 Å². The molecule has 0 aliphatic carbocycles. The second-order valence-corrected chi connectivity index (χ2v) is 7.85. The van der Waals surface area contributed by atoms with Crippen molar-refractivity contribution in [2.45, 2.75) is 32.7 Å². The number of hydrogen-bond acceptors (Lipinski definition) is 4. The Balaban J connectivity index is 1.63. The number of amides is 1. The van der Waals surface area contributed by atoms with Gasteiger partial charge in [-0.3, -0.25) is 4.79 Å². The van der Waals surface area contributed by atoms with Gasteiger partial charge >= 0.3 is 0 Å². The molecule has 1 fully saturated rings. The molecule has 1 amide bonds. The monoisotopic (exact) mass is 343 g/mol. The Morgan fingerprint density at radius 2 is 1.96 bits per heavy atom. The first-order valence-corrected chi connectivity index (χ1v) is 9.22. The average Bonchev–Trinajstić information content (AvgIpc) is 3.20. The van der Waals surface area contributed by atoms with Gasteiger partial charge in [0.25, 0.3) is 5.91 Å². The van der Waals surface area contributed by atoms with E-state index in [0.29, 0.717) is 13.2 Å². The van der Waals surface area contributed by atoms with Gasteiger partial charge in [-0.15, -0.1) is 11.3 Å². The van der Waals surface area contributed by atoms with Gasteiger partial charge in [-0.25, -0.2) is 0 Å². The first-order chi connectivity index (χ1) is 11.6. The van der Waals surface area contributed by atoms with Crippen LogP contribution in [0.25, 0.3) is 0 Å². The summed E-state index contributed by atoms with van der Waals surface area (Å²) in [5.41, 5.74) is 1.98. The number of rotatable bonds is 2. The van der Waals surface area contributed by atoms with Crippen LogP contribution in [0, 0.1) is 13.8 Å². The molecule has 1 atom stereocenters. The number of carbonyl (C=O) groups is 1. The second-order valence-electron chi connectivity index (χ2n) is 6.39. The molecule has 4 nitrogen and oxygen atoms in total. The molecule has 4 rings (SSSR count). The quantitative estimate of drug-likeness (QED) is 0.823. The fourth-order valence-electron chi connectivity index (χ4n) is 3.62. The van der Waals surface area contributed by atoms with E-state index in [1.807, 2.05) is 30.0 Å². The molecule has 3 heterocycles. The van der Waals surface area contributed by atoms with E-state index in [2.05, 4.69) is 13.0 Å². The lowest BCUT2D eigenvalue weighted by Crippen LogP contribution is -2.30. The van der Waals surface area contributed by atoms with Gasteiger partial charge in [0, 0.05) is 16.3 Å². The Morgan fingerprint density at radius 3 is 2.71 bits per heavy atom. The summed E-state index contributed by atoms with van der Waals surface area (Å²) in [6.07, 6.45) is 2.03. The fraction of sp³-hybridized carbons (Fsp3) is 0.421. The number of hydrogen-bond donors (Lipinski definition) is 0. The highest BCUT2D eigenvalue weighted by Gasteiger charge is 2.32. The van der Waals surface area contributed by atoms with Gasteiger partial charge in [-0.1, -0.05) is 6.07 Å². The molecule has 2 aliphatic heterocycles. The molecule has 0 radical (unpaired) electrons. The predicted molar refractivity (Wildman–Crippen MR) is 94.2 cm³/mol. The maximum Gasteiger partial charge on any atom is 0.255 e. The summed E-state index contributed by atoms with van der Waals surface area (Å²) in [6.45, 7) is 6.07.